The van der Waals surface area contributed by atoms with E-state index < -0.39 is 0 Å². The van der Waals surface area contributed by atoms with Crippen LogP contribution < -0.4 is 14.8 Å². The summed E-state index contributed by atoms with van der Waals surface area (Å²) in [6.07, 6.45) is 2.96. The number of thiophene rings is 1. The molecular formula is C21H24N2O3S. The predicted molar refractivity (Wildman–Crippen MR) is 107 cm³/mol. The molecule has 0 saturated heterocycles. The summed E-state index contributed by atoms with van der Waals surface area (Å²) in [5.74, 6) is 1.53. The van der Waals surface area contributed by atoms with Crippen LogP contribution in [0.2, 0.25) is 0 Å². The third-order valence-corrected chi connectivity index (χ3v) is 5.78. The average molecular weight is 385 g/mol. The zero-order valence-corrected chi connectivity index (χ0v) is 16.7. The molecule has 0 fully saturated rings. The number of carbonyl (C=O) groups is 1. The molecule has 1 atom stereocenters. The third-order valence-electron chi connectivity index (χ3n) is 4.61. The second kappa shape index (κ2) is 8.45. The van der Waals surface area contributed by atoms with E-state index in [4.69, 9.17) is 9.47 Å². The van der Waals surface area contributed by atoms with Crippen molar-refractivity contribution in [3.05, 3.63) is 39.8 Å². The van der Waals surface area contributed by atoms with Gasteiger partial charge in [0.1, 0.15) is 22.6 Å². The summed E-state index contributed by atoms with van der Waals surface area (Å²) in [5.41, 5.74) is 2.17. The fourth-order valence-electron chi connectivity index (χ4n) is 3.34. The minimum absolute atomic E-state index is 0.263. The van der Waals surface area contributed by atoms with E-state index in [1.807, 2.05) is 13.8 Å². The second-order valence-electron chi connectivity index (χ2n) is 6.68. The van der Waals surface area contributed by atoms with Crippen molar-refractivity contribution in [2.24, 2.45) is 5.92 Å². The third kappa shape index (κ3) is 4.25. The predicted octanol–water partition coefficient (Wildman–Crippen LogP) is 4.79. The molecule has 27 heavy (non-hydrogen) atoms. The van der Waals surface area contributed by atoms with E-state index in [0.717, 1.165) is 24.8 Å². The van der Waals surface area contributed by atoms with Crippen molar-refractivity contribution in [3.63, 3.8) is 0 Å². The lowest BCUT2D eigenvalue weighted by Crippen LogP contribution is -2.13. The molecule has 5 nitrogen and oxygen atoms in total. The average Bonchev–Trinajstić information content (AvgIpc) is 2.98. The monoisotopic (exact) mass is 384 g/mol. The SMILES string of the molecule is CCOc1cc(OCC)cc(C(=O)Nc2sc3c(c2C#N)CCC(C)C3)c1. The molecule has 1 aromatic heterocycles. The summed E-state index contributed by atoms with van der Waals surface area (Å²) >= 11 is 1.53. The lowest BCUT2D eigenvalue weighted by atomic mass is 9.88. The molecule has 1 heterocycles. The Morgan fingerprint density at radius 2 is 1.93 bits per heavy atom. The van der Waals surface area contributed by atoms with Crippen molar-refractivity contribution in [1.29, 1.82) is 5.26 Å². The highest BCUT2D eigenvalue weighted by Gasteiger charge is 2.25. The van der Waals surface area contributed by atoms with Gasteiger partial charge in [-0.25, -0.2) is 0 Å². The van der Waals surface area contributed by atoms with Crippen molar-refractivity contribution in [1.82, 2.24) is 0 Å². The Bertz CT molecular complexity index is 858. The lowest BCUT2D eigenvalue weighted by molar-refractivity contribution is 0.102. The van der Waals surface area contributed by atoms with Crippen LogP contribution in [0.1, 0.15) is 53.6 Å². The maximum atomic E-state index is 12.8. The Balaban J connectivity index is 1.88. The van der Waals surface area contributed by atoms with E-state index >= 15 is 0 Å². The van der Waals surface area contributed by atoms with Crippen molar-refractivity contribution in [2.75, 3.05) is 18.5 Å². The molecule has 6 heteroatoms. The van der Waals surface area contributed by atoms with Crippen molar-refractivity contribution in [2.45, 2.75) is 40.0 Å². The van der Waals surface area contributed by atoms with E-state index in [2.05, 4.69) is 18.3 Å². The van der Waals surface area contributed by atoms with Crippen LogP contribution >= 0.6 is 11.3 Å². The first kappa shape index (κ1) is 19.2. The standard InChI is InChI=1S/C21H24N2O3S/c1-4-25-15-9-14(10-16(11-15)26-5-2)20(24)23-21-18(12-22)17-7-6-13(3)8-19(17)27-21/h9-11,13H,4-8H2,1-3H3,(H,23,24). The maximum Gasteiger partial charge on any atom is 0.256 e. The number of nitrogens with zero attached hydrogens (tertiary/aromatic N) is 1. The molecule has 1 amide bonds. The molecule has 3 rings (SSSR count). The number of nitriles is 1. The normalized spacial score (nSPS) is 15.6. The summed E-state index contributed by atoms with van der Waals surface area (Å²) in [6.45, 7) is 7.02. The van der Waals surface area contributed by atoms with Gasteiger partial charge in [0.15, 0.2) is 0 Å². The van der Waals surface area contributed by atoms with E-state index in [1.165, 1.54) is 16.2 Å². The first-order valence-corrected chi connectivity index (χ1v) is 10.1. The summed E-state index contributed by atoms with van der Waals surface area (Å²) in [5, 5.41) is 13.2. The largest absolute Gasteiger partial charge is 0.494 e. The molecule has 1 N–H and O–H groups in total. The smallest absolute Gasteiger partial charge is 0.256 e. The summed E-state index contributed by atoms with van der Waals surface area (Å²) in [4.78, 5) is 14.1. The Hall–Kier alpha value is -2.52. The van der Waals surface area contributed by atoms with E-state index in [-0.39, 0.29) is 5.91 Å². The fraction of sp³-hybridized carbons (Fsp3) is 0.429. The van der Waals surface area contributed by atoms with Gasteiger partial charge in [-0.3, -0.25) is 4.79 Å². The van der Waals surface area contributed by atoms with Crippen LogP contribution in [-0.2, 0) is 12.8 Å². The molecule has 1 aliphatic rings. The molecule has 2 aromatic rings. The zero-order chi connectivity index (χ0) is 19.4. The van der Waals surface area contributed by atoms with Gasteiger partial charge in [-0.1, -0.05) is 6.92 Å². The van der Waals surface area contributed by atoms with Crippen LogP contribution in [0.15, 0.2) is 18.2 Å². The van der Waals surface area contributed by atoms with Gasteiger partial charge in [-0.05, 0) is 56.7 Å². The molecule has 1 aliphatic carbocycles. The van der Waals surface area contributed by atoms with Gasteiger partial charge in [0.05, 0.1) is 18.8 Å². The number of benzene rings is 1. The van der Waals surface area contributed by atoms with Gasteiger partial charge in [0.25, 0.3) is 5.91 Å². The topological polar surface area (TPSA) is 71.3 Å². The minimum Gasteiger partial charge on any atom is -0.494 e. The Kier molecular flexibility index (Phi) is 6.02. The molecule has 0 saturated carbocycles. The van der Waals surface area contributed by atoms with Crippen molar-refractivity contribution in [3.8, 4) is 17.6 Å². The number of fused-ring (bicyclic) bond motifs is 1. The highest BCUT2D eigenvalue weighted by Crippen LogP contribution is 2.39. The first-order valence-electron chi connectivity index (χ1n) is 9.32. The number of nitrogens with one attached hydrogen (secondary N) is 1. The number of amides is 1. The van der Waals surface area contributed by atoms with Crippen LogP contribution in [0.4, 0.5) is 5.00 Å². The highest BCUT2D eigenvalue weighted by atomic mass is 32.1. The van der Waals surface area contributed by atoms with E-state index in [1.54, 1.807) is 18.2 Å². The zero-order valence-electron chi connectivity index (χ0n) is 15.9. The Labute approximate surface area is 163 Å². The summed E-state index contributed by atoms with van der Waals surface area (Å²) in [6, 6.07) is 7.45. The lowest BCUT2D eigenvalue weighted by Gasteiger charge is -2.17. The quantitative estimate of drug-likeness (QED) is 0.777. The van der Waals surface area contributed by atoms with Crippen LogP contribution in [-0.4, -0.2) is 19.1 Å². The number of ether oxygens (including phenoxy) is 2. The second-order valence-corrected chi connectivity index (χ2v) is 7.79. The van der Waals surface area contributed by atoms with Gasteiger partial charge >= 0.3 is 0 Å². The number of rotatable bonds is 6. The highest BCUT2D eigenvalue weighted by molar-refractivity contribution is 7.16. The number of carbonyl (C=O) groups excluding carboxylic acids is 1. The Morgan fingerprint density at radius 1 is 1.26 bits per heavy atom. The molecule has 0 bridgehead atoms. The van der Waals surface area contributed by atoms with Crippen molar-refractivity contribution < 1.29 is 14.3 Å². The van der Waals surface area contributed by atoms with Gasteiger partial charge < -0.3 is 14.8 Å². The van der Waals surface area contributed by atoms with Gasteiger partial charge in [0.2, 0.25) is 0 Å². The van der Waals surface area contributed by atoms with Crippen LogP contribution in [0.5, 0.6) is 11.5 Å². The van der Waals surface area contributed by atoms with Gasteiger partial charge in [0, 0.05) is 16.5 Å². The Morgan fingerprint density at radius 3 is 2.52 bits per heavy atom. The van der Waals surface area contributed by atoms with Crippen molar-refractivity contribution >= 4 is 22.2 Å². The summed E-state index contributed by atoms with van der Waals surface area (Å²) in [7, 11) is 0. The molecule has 1 unspecified atom stereocenters. The first-order chi connectivity index (χ1) is 13.0. The number of hydrogen-bond acceptors (Lipinski definition) is 5. The molecule has 0 radical (unpaired) electrons. The summed E-state index contributed by atoms with van der Waals surface area (Å²) < 4.78 is 11.1. The molecule has 1 aromatic carbocycles. The van der Waals surface area contributed by atoms with Crippen LogP contribution in [0.25, 0.3) is 0 Å². The van der Waals surface area contributed by atoms with E-state index in [9.17, 15) is 10.1 Å². The fourth-order valence-corrected chi connectivity index (χ4v) is 4.69. The van der Waals surface area contributed by atoms with Crippen LogP contribution in [0.3, 0.4) is 0 Å². The molecule has 0 spiro atoms. The number of hydrogen-bond donors (Lipinski definition) is 1. The van der Waals surface area contributed by atoms with E-state index in [0.29, 0.717) is 46.8 Å². The van der Waals surface area contributed by atoms with Gasteiger partial charge in [-0.2, -0.15) is 5.26 Å². The van der Waals surface area contributed by atoms with Crippen LogP contribution in [0, 0.1) is 17.2 Å². The molecule has 142 valence electrons. The molecular weight excluding hydrogens is 360 g/mol. The molecule has 0 aliphatic heterocycles. The number of anilines is 1. The minimum atomic E-state index is -0.263. The maximum absolute atomic E-state index is 12.8. The van der Waals surface area contributed by atoms with Gasteiger partial charge in [-0.15, -0.1) is 11.3 Å².